The molecule has 1 aromatic heterocycles. The number of primary amides is 1. The van der Waals surface area contributed by atoms with Crippen LogP contribution in [0.2, 0.25) is 15.1 Å². The number of amides is 3. The molecule has 0 aliphatic rings. The van der Waals surface area contributed by atoms with Crippen molar-refractivity contribution in [3.05, 3.63) is 50.7 Å². The molecule has 0 saturated carbocycles. The number of phenolic OH excluding ortho intramolecular Hbond substituents is 1. The molecule has 5 N–H and O–H groups in total. The van der Waals surface area contributed by atoms with Gasteiger partial charge in [0.15, 0.2) is 5.75 Å². The van der Waals surface area contributed by atoms with Crippen LogP contribution in [0, 0.1) is 5.82 Å². The molecule has 0 bridgehead atoms. The van der Waals surface area contributed by atoms with Crippen molar-refractivity contribution in [1.82, 2.24) is 0 Å². The predicted octanol–water partition coefficient (Wildman–Crippen LogP) is 5.45. The Balaban J connectivity index is 1.97. The molecule has 3 amide bonds. The first kappa shape index (κ1) is 19.5. The third-order valence-electron chi connectivity index (χ3n) is 3.50. The predicted molar refractivity (Wildman–Crippen MR) is 106 cm³/mol. The van der Waals surface area contributed by atoms with Crippen molar-refractivity contribution < 1.29 is 19.1 Å². The fraction of sp³-hybridized carbons (Fsp3) is 0. The third kappa shape index (κ3) is 3.74. The van der Waals surface area contributed by atoms with E-state index in [1.54, 1.807) is 0 Å². The maximum Gasteiger partial charge on any atom is 0.324 e. The van der Waals surface area contributed by atoms with E-state index in [1.807, 2.05) is 0 Å². The monoisotopic (exact) mass is 447 g/mol. The summed E-state index contributed by atoms with van der Waals surface area (Å²) >= 11 is 18.6. The molecule has 27 heavy (non-hydrogen) atoms. The van der Waals surface area contributed by atoms with E-state index in [2.05, 4.69) is 10.6 Å². The SMILES string of the molecule is NC(=O)c1c(NC(=O)Nc2ccc(F)c(Cl)c2)sc2c(Cl)c(O)c(Cl)cc12. The highest BCUT2D eigenvalue weighted by atomic mass is 35.5. The first-order valence-corrected chi connectivity index (χ1v) is 9.10. The van der Waals surface area contributed by atoms with Crippen LogP contribution in [0.4, 0.5) is 19.9 Å². The number of phenols is 1. The fourth-order valence-corrected chi connectivity index (χ4v) is 4.19. The zero-order valence-electron chi connectivity index (χ0n) is 13.1. The van der Waals surface area contributed by atoms with Gasteiger partial charge in [0.05, 0.1) is 20.3 Å². The van der Waals surface area contributed by atoms with Gasteiger partial charge in [-0.3, -0.25) is 10.1 Å². The van der Waals surface area contributed by atoms with Gasteiger partial charge in [0.1, 0.15) is 15.8 Å². The van der Waals surface area contributed by atoms with E-state index in [0.717, 1.165) is 17.4 Å². The number of nitrogens with two attached hydrogens (primary N) is 1. The number of hydrogen-bond donors (Lipinski definition) is 4. The summed E-state index contributed by atoms with van der Waals surface area (Å²) in [5, 5.41) is 14.9. The Morgan fingerprint density at radius 3 is 2.44 bits per heavy atom. The largest absolute Gasteiger partial charge is 0.505 e. The van der Waals surface area contributed by atoms with Gasteiger partial charge in [-0.1, -0.05) is 34.8 Å². The molecule has 0 radical (unpaired) electrons. The van der Waals surface area contributed by atoms with Gasteiger partial charge in [-0.05, 0) is 24.3 Å². The van der Waals surface area contributed by atoms with E-state index in [9.17, 15) is 19.1 Å². The number of nitrogens with one attached hydrogen (secondary N) is 2. The van der Waals surface area contributed by atoms with E-state index >= 15 is 0 Å². The van der Waals surface area contributed by atoms with Crippen LogP contribution in [0.1, 0.15) is 10.4 Å². The van der Waals surface area contributed by atoms with Crippen molar-refractivity contribution in [1.29, 1.82) is 0 Å². The summed E-state index contributed by atoms with van der Waals surface area (Å²) in [5.41, 5.74) is 5.64. The number of hydrogen-bond acceptors (Lipinski definition) is 4. The molecule has 0 aliphatic heterocycles. The topological polar surface area (TPSA) is 104 Å². The quantitative estimate of drug-likeness (QED) is 0.428. The van der Waals surface area contributed by atoms with Gasteiger partial charge < -0.3 is 16.2 Å². The Bertz CT molecular complexity index is 1100. The lowest BCUT2D eigenvalue weighted by Gasteiger charge is -2.08. The summed E-state index contributed by atoms with van der Waals surface area (Å²) in [4.78, 5) is 24.1. The van der Waals surface area contributed by atoms with Crippen LogP contribution < -0.4 is 16.4 Å². The van der Waals surface area contributed by atoms with Gasteiger partial charge in [-0.2, -0.15) is 0 Å². The first-order valence-electron chi connectivity index (χ1n) is 7.15. The minimum atomic E-state index is -0.820. The Morgan fingerprint density at radius 2 is 1.81 bits per heavy atom. The maximum absolute atomic E-state index is 13.2. The Morgan fingerprint density at radius 1 is 1.11 bits per heavy atom. The summed E-state index contributed by atoms with van der Waals surface area (Å²) in [6, 6.07) is 4.24. The lowest BCUT2D eigenvalue weighted by molar-refractivity contribution is 0.100. The average Bonchev–Trinajstić information content (AvgIpc) is 2.94. The van der Waals surface area contributed by atoms with E-state index in [0.29, 0.717) is 10.1 Å². The number of urea groups is 1. The second kappa shape index (κ2) is 7.40. The number of benzene rings is 2. The first-order chi connectivity index (χ1) is 12.7. The standard InChI is InChI=1S/C16H9Cl3FN3O3S/c17-7-3-5(1-2-9(7)20)22-16(26)23-15-10(14(21)25)6-4-8(18)12(24)11(19)13(6)27-15/h1-4,24H,(H2,21,25)(H2,22,23,26). The number of halogens is 4. The Hall–Kier alpha value is -2.26. The van der Waals surface area contributed by atoms with Crippen LogP contribution in [-0.4, -0.2) is 17.0 Å². The molecule has 2 aromatic carbocycles. The number of anilines is 2. The summed E-state index contributed by atoms with van der Waals surface area (Å²) in [5.74, 6) is -1.80. The highest BCUT2D eigenvalue weighted by Gasteiger charge is 2.23. The lowest BCUT2D eigenvalue weighted by atomic mass is 10.1. The van der Waals surface area contributed by atoms with Crippen LogP contribution in [0.3, 0.4) is 0 Å². The molecule has 0 atom stereocenters. The van der Waals surface area contributed by atoms with Crippen LogP contribution in [0.5, 0.6) is 5.75 Å². The van der Waals surface area contributed by atoms with Gasteiger partial charge in [-0.15, -0.1) is 11.3 Å². The summed E-state index contributed by atoms with van der Waals surface area (Å²) < 4.78 is 13.5. The number of thiophene rings is 1. The minimum absolute atomic E-state index is 0.00825. The van der Waals surface area contributed by atoms with Gasteiger partial charge >= 0.3 is 6.03 Å². The van der Waals surface area contributed by atoms with Crippen molar-refractivity contribution in [2.24, 2.45) is 5.73 Å². The molecular formula is C16H9Cl3FN3O3S. The molecule has 6 nitrogen and oxygen atoms in total. The molecule has 0 aliphatic carbocycles. The van der Waals surface area contributed by atoms with Crippen molar-refractivity contribution >= 4 is 78.9 Å². The number of aromatic hydroxyl groups is 1. The zero-order valence-corrected chi connectivity index (χ0v) is 16.2. The van der Waals surface area contributed by atoms with Crippen molar-refractivity contribution in [3.63, 3.8) is 0 Å². The molecule has 0 saturated heterocycles. The van der Waals surface area contributed by atoms with Crippen molar-refractivity contribution in [2.75, 3.05) is 10.6 Å². The van der Waals surface area contributed by atoms with Crippen molar-refractivity contribution in [3.8, 4) is 5.75 Å². The van der Waals surface area contributed by atoms with E-state index < -0.39 is 17.8 Å². The highest BCUT2D eigenvalue weighted by Crippen LogP contribution is 2.46. The molecule has 140 valence electrons. The van der Waals surface area contributed by atoms with Gasteiger partial charge in [0.25, 0.3) is 5.91 Å². The smallest absolute Gasteiger partial charge is 0.324 e. The van der Waals surface area contributed by atoms with E-state index in [-0.39, 0.29) is 37.1 Å². The van der Waals surface area contributed by atoms with Crippen LogP contribution in [-0.2, 0) is 0 Å². The second-order valence-electron chi connectivity index (χ2n) is 5.28. The van der Waals surface area contributed by atoms with Crippen LogP contribution in [0.15, 0.2) is 24.3 Å². The summed E-state index contributed by atoms with van der Waals surface area (Å²) in [7, 11) is 0. The number of carbonyl (C=O) groups excluding carboxylic acids is 2. The molecule has 1 heterocycles. The van der Waals surface area contributed by atoms with E-state index in [4.69, 9.17) is 40.5 Å². The molecule has 0 unspecified atom stereocenters. The molecule has 0 fully saturated rings. The number of rotatable bonds is 3. The molecular weight excluding hydrogens is 440 g/mol. The maximum atomic E-state index is 13.2. The van der Waals surface area contributed by atoms with Gasteiger partial charge in [0, 0.05) is 11.1 Å². The van der Waals surface area contributed by atoms with Crippen LogP contribution in [0.25, 0.3) is 10.1 Å². The highest BCUT2D eigenvalue weighted by molar-refractivity contribution is 7.24. The third-order valence-corrected chi connectivity index (χ3v) is 5.70. The number of fused-ring (bicyclic) bond motifs is 1. The fourth-order valence-electron chi connectivity index (χ4n) is 2.32. The van der Waals surface area contributed by atoms with Crippen LogP contribution >= 0.6 is 46.1 Å². The van der Waals surface area contributed by atoms with Crippen molar-refractivity contribution in [2.45, 2.75) is 0 Å². The zero-order chi connectivity index (χ0) is 19.9. The molecule has 11 heteroatoms. The number of carbonyl (C=O) groups is 2. The lowest BCUT2D eigenvalue weighted by Crippen LogP contribution is -2.21. The molecule has 0 spiro atoms. The molecule has 3 aromatic rings. The Labute approximate surface area is 170 Å². The van der Waals surface area contributed by atoms with Gasteiger partial charge in [0.2, 0.25) is 0 Å². The average molecular weight is 449 g/mol. The van der Waals surface area contributed by atoms with Gasteiger partial charge in [-0.25, -0.2) is 9.18 Å². The normalized spacial score (nSPS) is 10.8. The Kier molecular flexibility index (Phi) is 5.34. The summed E-state index contributed by atoms with van der Waals surface area (Å²) in [6.07, 6.45) is 0. The second-order valence-corrected chi connectivity index (χ2v) is 7.49. The van der Waals surface area contributed by atoms with E-state index in [1.165, 1.54) is 18.2 Å². The minimum Gasteiger partial charge on any atom is -0.505 e. The molecule has 3 rings (SSSR count). The summed E-state index contributed by atoms with van der Waals surface area (Å²) in [6.45, 7) is 0.